The minimum Gasteiger partial charge on any atom is -0.502 e. The van der Waals surface area contributed by atoms with Gasteiger partial charge < -0.3 is 9.84 Å². The predicted molar refractivity (Wildman–Crippen MR) is 73.6 cm³/mol. The molecule has 0 radical (unpaired) electrons. The van der Waals surface area contributed by atoms with Gasteiger partial charge in [0.1, 0.15) is 0 Å². The lowest BCUT2D eigenvalue weighted by molar-refractivity contribution is -0.386. The van der Waals surface area contributed by atoms with E-state index in [0.29, 0.717) is 0 Å². The van der Waals surface area contributed by atoms with Crippen LogP contribution in [0.1, 0.15) is 13.8 Å². The van der Waals surface area contributed by atoms with Gasteiger partial charge in [-0.05, 0) is 26.0 Å². The van der Waals surface area contributed by atoms with Crippen LogP contribution in [-0.2, 0) is 14.8 Å². The average molecular weight is 316 g/mol. The molecule has 2 rings (SSSR count). The van der Waals surface area contributed by atoms with E-state index in [2.05, 4.69) is 0 Å². The van der Waals surface area contributed by atoms with Crippen molar-refractivity contribution >= 4 is 15.7 Å². The van der Waals surface area contributed by atoms with Crippen molar-refractivity contribution in [3.63, 3.8) is 0 Å². The molecule has 1 heterocycles. The summed E-state index contributed by atoms with van der Waals surface area (Å²) in [4.78, 5) is 9.78. The molecule has 0 saturated carbocycles. The Balaban J connectivity index is 2.49. The van der Waals surface area contributed by atoms with E-state index in [4.69, 9.17) is 4.74 Å². The Hall–Kier alpha value is -1.71. The maximum Gasteiger partial charge on any atom is 0.312 e. The van der Waals surface area contributed by atoms with Crippen molar-refractivity contribution in [1.82, 2.24) is 4.31 Å². The van der Waals surface area contributed by atoms with Crippen molar-refractivity contribution < 1.29 is 23.2 Å². The Morgan fingerprint density at radius 1 is 1.43 bits per heavy atom. The Labute approximate surface area is 122 Å². The molecule has 1 aromatic rings. The number of phenols is 1. The number of nitro groups is 1. The Morgan fingerprint density at radius 2 is 2.10 bits per heavy atom. The highest BCUT2D eigenvalue weighted by atomic mass is 32.2. The number of hydrogen-bond donors (Lipinski definition) is 1. The van der Waals surface area contributed by atoms with Crippen LogP contribution in [0.5, 0.6) is 5.75 Å². The second-order valence-corrected chi connectivity index (χ2v) is 7.21. The summed E-state index contributed by atoms with van der Waals surface area (Å²) in [5, 5.41) is 20.2. The molecule has 116 valence electrons. The number of phenolic OH excluding ortho intramolecular Hbond substituents is 1. The number of ether oxygens (including phenoxy) is 1. The van der Waals surface area contributed by atoms with Gasteiger partial charge in [0, 0.05) is 12.6 Å². The first-order chi connectivity index (χ1) is 9.66. The zero-order chi connectivity index (χ0) is 15.8. The van der Waals surface area contributed by atoms with Crippen LogP contribution in [0.4, 0.5) is 5.69 Å². The molecular weight excluding hydrogens is 300 g/mol. The SMILES string of the molecule is CC1(C)COCCN1S(=O)(=O)c1ccc(O)c([N+](=O)[O-])c1. The van der Waals surface area contributed by atoms with Crippen LogP contribution in [0.15, 0.2) is 23.1 Å². The highest BCUT2D eigenvalue weighted by molar-refractivity contribution is 7.89. The van der Waals surface area contributed by atoms with E-state index in [-0.39, 0.29) is 24.7 Å². The fourth-order valence-electron chi connectivity index (χ4n) is 2.23. The summed E-state index contributed by atoms with van der Waals surface area (Å²) in [7, 11) is -3.90. The smallest absolute Gasteiger partial charge is 0.312 e. The number of sulfonamides is 1. The van der Waals surface area contributed by atoms with Crippen LogP contribution < -0.4 is 0 Å². The van der Waals surface area contributed by atoms with E-state index < -0.39 is 31.9 Å². The lowest BCUT2D eigenvalue weighted by atomic mass is 10.1. The molecule has 0 unspecified atom stereocenters. The van der Waals surface area contributed by atoms with Gasteiger partial charge in [0.2, 0.25) is 10.0 Å². The number of hydrogen-bond acceptors (Lipinski definition) is 6. The summed E-state index contributed by atoms with van der Waals surface area (Å²) in [5.41, 5.74) is -1.38. The maximum absolute atomic E-state index is 12.7. The van der Waals surface area contributed by atoms with E-state index >= 15 is 0 Å². The van der Waals surface area contributed by atoms with Crippen molar-refractivity contribution in [2.45, 2.75) is 24.3 Å². The van der Waals surface area contributed by atoms with Gasteiger partial charge in [0.25, 0.3) is 0 Å². The van der Waals surface area contributed by atoms with Crippen LogP contribution in [0, 0.1) is 10.1 Å². The molecule has 1 saturated heterocycles. The van der Waals surface area contributed by atoms with Crippen LogP contribution in [0.25, 0.3) is 0 Å². The van der Waals surface area contributed by atoms with Crippen molar-refractivity contribution in [1.29, 1.82) is 0 Å². The van der Waals surface area contributed by atoms with Crippen LogP contribution in [0.3, 0.4) is 0 Å². The lowest BCUT2D eigenvalue weighted by Gasteiger charge is -2.40. The molecule has 1 aliphatic rings. The largest absolute Gasteiger partial charge is 0.502 e. The number of benzene rings is 1. The fourth-order valence-corrected chi connectivity index (χ4v) is 4.00. The lowest BCUT2D eigenvalue weighted by Crippen LogP contribution is -2.55. The van der Waals surface area contributed by atoms with Crippen molar-refractivity contribution in [2.24, 2.45) is 0 Å². The molecule has 0 aromatic heterocycles. The monoisotopic (exact) mass is 316 g/mol. The van der Waals surface area contributed by atoms with Crippen LogP contribution >= 0.6 is 0 Å². The molecule has 0 atom stereocenters. The maximum atomic E-state index is 12.7. The number of nitrogens with zero attached hydrogens (tertiary/aromatic N) is 2. The number of morpholine rings is 1. The van der Waals surface area contributed by atoms with Gasteiger partial charge in [-0.1, -0.05) is 0 Å². The van der Waals surface area contributed by atoms with Crippen LogP contribution in [-0.4, -0.2) is 48.1 Å². The van der Waals surface area contributed by atoms with Gasteiger partial charge in [-0.3, -0.25) is 10.1 Å². The summed E-state index contributed by atoms with van der Waals surface area (Å²) >= 11 is 0. The molecule has 8 nitrogen and oxygen atoms in total. The molecule has 0 aliphatic carbocycles. The Kier molecular flexibility index (Phi) is 3.91. The molecule has 0 amide bonds. The van der Waals surface area contributed by atoms with Gasteiger partial charge in [-0.2, -0.15) is 4.31 Å². The van der Waals surface area contributed by atoms with E-state index in [1.54, 1.807) is 13.8 Å². The molecule has 21 heavy (non-hydrogen) atoms. The third-order valence-corrected chi connectivity index (χ3v) is 5.41. The number of rotatable bonds is 3. The molecule has 9 heteroatoms. The molecular formula is C12H16N2O6S. The first-order valence-electron chi connectivity index (χ1n) is 6.24. The number of nitro benzene ring substituents is 1. The molecule has 1 N–H and O–H groups in total. The van der Waals surface area contributed by atoms with Gasteiger partial charge in [0.15, 0.2) is 5.75 Å². The van der Waals surface area contributed by atoms with E-state index in [1.165, 1.54) is 4.31 Å². The van der Waals surface area contributed by atoms with Gasteiger partial charge in [0.05, 0.1) is 28.6 Å². The van der Waals surface area contributed by atoms with E-state index in [9.17, 15) is 23.6 Å². The minimum atomic E-state index is -3.90. The van der Waals surface area contributed by atoms with Crippen molar-refractivity contribution in [3.8, 4) is 5.75 Å². The summed E-state index contributed by atoms with van der Waals surface area (Å²) in [6.07, 6.45) is 0. The second kappa shape index (κ2) is 5.24. The third-order valence-electron chi connectivity index (χ3n) is 3.30. The zero-order valence-electron chi connectivity index (χ0n) is 11.6. The molecule has 0 spiro atoms. The highest BCUT2D eigenvalue weighted by Crippen LogP contribution is 2.32. The van der Waals surface area contributed by atoms with E-state index in [1.807, 2.05) is 0 Å². The van der Waals surface area contributed by atoms with Crippen molar-refractivity contribution in [2.75, 3.05) is 19.8 Å². The molecule has 1 aliphatic heterocycles. The third kappa shape index (κ3) is 2.85. The topological polar surface area (TPSA) is 110 Å². The normalized spacial score (nSPS) is 19.3. The standard InChI is InChI=1S/C12H16N2O6S/c1-12(2)8-20-6-5-13(12)21(18,19)9-3-4-11(15)10(7-9)14(16)17/h3-4,7,15H,5-6,8H2,1-2H3. The quantitative estimate of drug-likeness (QED) is 0.660. The zero-order valence-corrected chi connectivity index (χ0v) is 12.5. The first kappa shape index (κ1) is 15.7. The van der Waals surface area contributed by atoms with E-state index in [0.717, 1.165) is 18.2 Å². The molecule has 1 aromatic carbocycles. The summed E-state index contributed by atoms with van der Waals surface area (Å²) in [6.45, 7) is 4.12. The van der Waals surface area contributed by atoms with Gasteiger partial charge in [-0.25, -0.2) is 8.42 Å². The summed E-state index contributed by atoms with van der Waals surface area (Å²) < 4.78 is 31.8. The number of aromatic hydroxyl groups is 1. The van der Waals surface area contributed by atoms with Crippen LogP contribution in [0.2, 0.25) is 0 Å². The summed E-state index contributed by atoms with van der Waals surface area (Å²) in [6, 6.07) is 3.04. The highest BCUT2D eigenvalue weighted by Gasteiger charge is 2.40. The Bertz CT molecular complexity index is 670. The summed E-state index contributed by atoms with van der Waals surface area (Å²) in [5.74, 6) is -0.569. The van der Waals surface area contributed by atoms with Gasteiger partial charge >= 0.3 is 5.69 Å². The second-order valence-electron chi connectivity index (χ2n) is 5.35. The van der Waals surface area contributed by atoms with Crippen molar-refractivity contribution in [3.05, 3.63) is 28.3 Å². The first-order valence-corrected chi connectivity index (χ1v) is 7.68. The minimum absolute atomic E-state index is 0.171. The predicted octanol–water partition coefficient (Wildman–Crippen LogP) is 1.10. The Morgan fingerprint density at radius 3 is 2.67 bits per heavy atom. The average Bonchev–Trinajstić information content (AvgIpc) is 2.37. The molecule has 1 fully saturated rings. The van der Waals surface area contributed by atoms with Gasteiger partial charge in [-0.15, -0.1) is 0 Å². The fraction of sp³-hybridized carbons (Fsp3) is 0.500. The molecule has 0 bridgehead atoms.